The van der Waals surface area contributed by atoms with Crippen LogP contribution >= 0.6 is 11.3 Å². The Balaban J connectivity index is 1.52. The Bertz CT molecular complexity index is 479. The molecule has 1 unspecified atom stereocenters. The first-order valence-corrected chi connectivity index (χ1v) is 8.05. The molecule has 2 aliphatic rings. The van der Waals surface area contributed by atoms with Crippen molar-refractivity contribution in [3.05, 3.63) is 16.1 Å². The van der Waals surface area contributed by atoms with Crippen LogP contribution in [0.5, 0.6) is 0 Å². The maximum absolute atomic E-state index is 11.4. The van der Waals surface area contributed by atoms with Crippen molar-refractivity contribution in [3.63, 3.8) is 0 Å². The number of aromatic nitrogens is 1. The minimum Gasteiger partial charge on any atom is -0.480 e. The van der Waals surface area contributed by atoms with Gasteiger partial charge in [0.25, 0.3) is 0 Å². The van der Waals surface area contributed by atoms with E-state index in [0.717, 1.165) is 50.6 Å². The average molecular weight is 295 g/mol. The Morgan fingerprint density at radius 1 is 1.45 bits per heavy atom. The maximum atomic E-state index is 11.4. The molecule has 0 radical (unpaired) electrons. The maximum Gasteiger partial charge on any atom is 0.321 e. The van der Waals surface area contributed by atoms with E-state index < -0.39 is 5.97 Å². The van der Waals surface area contributed by atoms with Crippen LogP contribution in [0.25, 0.3) is 0 Å². The number of hydrogen-bond acceptors (Lipinski definition) is 5. The van der Waals surface area contributed by atoms with Crippen molar-refractivity contribution in [2.75, 3.05) is 26.2 Å². The van der Waals surface area contributed by atoms with Crippen molar-refractivity contribution in [3.8, 4) is 0 Å². The van der Waals surface area contributed by atoms with E-state index in [0.29, 0.717) is 5.92 Å². The van der Waals surface area contributed by atoms with Crippen molar-refractivity contribution in [1.29, 1.82) is 0 Å². The molecule has 0 spiro atoms. The molecule has 2 heterocycles. The van der Waals surface area contributed by atoms with Crippen LogP contribution in [0.1, 0.15) is 22.7 Å². The first-order valence-electron chi connectivity index (χ1n) is 7.24. The summed E-state index contributed by atoms with van der Waals surface area (Å²) in [5, 5.41) is 10.5. The van der Waals surface area contributed by atoms with Gasteiger partial charge in [0.1, 0.15) is 6.04 Å². The van der Waals surface area contributed by atoms with Gasteiger partial charge >= 0.3 is 5.97 Å². The molecule has 3 rings (SSSR count). The number of rotatable bonds is 5. The van der Waals surface area contributed by atoms with E-state index >= 15 is 0 Å². The van der Waals surface area contributed by atoms with Crippen LogP contribution in [0, 0.1) is 12.8 Å². The van der Waals surface area contributed by atoms with Gasteiger partial charge in [-0.2, -0.15) is 0 Å². The van der Waals surface area contributed by atoms with Crippen LogP contribution in [0.15, 0.2) is 6.20 Å². The average Bonchev–Trinajstić information content (AvgIpc) is 3.15. The number of piperazine rings is 1. The second kappa shape index (κ2) is 5.79. The lowest BCUT2D eigenvalue weighted by atomic mass is 10.1. The number of carboxylic acid groups (broad SMARTS) is 1. The lowest BCUT2D eigenvalue weighted by molar-refractivity contribution is -0.145. The summed E-state index contributed by atoms with van der Waals surface area (Å²) >= 11 is 1.75. The highest BCUT2D eigenvalue weighted by atomic mass is 32.1. The molecular weight excluding hydrogens is 274 g/mol. The van der Waals surface area contributed by atoms with Crippen LogP contribution in [0.2, 0.25) is 0 Å². The third-order valence-corrected chi connectivity index (χ3v) is 5.07. The van der Waals surface area contributed by atoms with Gasteiger partial charge in [-0.3, -0.25) is 14.6 Å². The van der Waals surface area contributed by atoms with Crippen molar-refractivity contribution < 1.29 is 9.90 Å². The molecule has 6 heteroatoms. The summed E-state index contributed by atoms with van der Waals surface area (Å²) in [6, 6.07) is -0.247. The second-order valence-electron chi connectivity index (χ2n) is 5.78. The molecule has 1 saturated carbocycles. The van der Waals surface area contributed by atoms with Crippen LogP contribution < -0.4 is 0 Å². The summed E-state index contributed by atoms with van der Waals surface area (Å²) in [6.07, 6.45) is 4.12. The van der Waals surface area contributed by atoms with Crippen LogP contribution in [-0.2, 0) is 11.3 Å². The van der Waals surface area contributed by atoms with Crippen LogP contribution in [-0.4, -0.2) is 58.1 Å². The molecule has 1 N–H and O–H groups in total. The Labute approximate surface area is 123 Å². The molecule has 5 nitrogen and oxygen atoms in total. The van der Waals surface area contributed by atoms with Gasteiger partial charge in [-0.1, -0.05) is 0 Å². The summed E-state index contributed by atoms with van der Waals surface area (Å²) in [6.45, 7) is 6.61. The number of aryl methyl sites for hydroxylation is 1. The van der Waals surface area contributed by atoms with Gasteiger partial charge in [0.15, 0.2) is 0 Å². The van der Waals surface area contributed by atoms with E-state index in [1.54, 1.807) is 11.3 Å². The molecule has 0 aromatic carbocycles. The van der Waals surface area contributed by atoms with Crippen LogP contribution in [0.3, 0.4) is 0 Å². The van der Waals surface area contributed by atoms with Crippen molar-refractivity contribution in [2.45, 2.75) is 32.4 Å². The molecule has 1 aromatic heterocycles. The molecule has 0 bridgehead atoms. The van der Waals surface area contributed by atoms with E-state index in [4.69, 9.17) is 0 Å². The molecule has 1 saturated heterocycles. The van der Waals surface area contributed by atoms with Gasteiger partial charge in [-0.05, 0) is 25.7 Å². The third-order valence-electron chi connectivity index (χ3n) is 4.17. The second-order valence-corrected chi connectivity index (χ2v) is 7.10. The van der Waals surface area contributed by atoms with E-state index in [1.165, 1.54) is 4.88 Å². The van der Waals surface area contributed by atoms with Gasteiger partial charge in [-0.25, -0.2) is 4.98 Å². The quantitative estimate of drug-likeness (QED) is 0.890. The monoisotopic (exact) mass is 295 g/mol. The van der Waals surface area contributed by atoms with E-state index in [2.05, 4.69) is 14.8 Å². The molecule has 20 heavy (non-hydrogen) atoms. The predicted molar refractivity (Wildman–Crippen MR) is 77.8 cm³/mol. The molecule has 110 valence electrons. The molecule has 1 atom stereocenters. The van der Waals surface area contributed by atoms with Gasteiger partial charge in [0, 0.05) is 43.8 Å². The number of aliphatic carboxylic acids is 1. The highest BCUT2D eigenvalue weighted by Gasteiger charge is 2.41. The van der Waals surface area contributed by atoms with E-state index in [-0.39, 0.29) is 6.04 Å². The van der Waals surface area contributed by atoms with Crippen LogP contribution in [0.4, 0.5) is 0 Å². The van der Waals surface area contributed by atoms with Crippen molar-refractivity contribution in [2.24, 2.45) is 5.92 Å². The molecule has 1 aliphatic carbocycles. The molecule has 2 fully saturated rings. The molecule has 1 aliphatic heterocycles. The molecule has 0 amide bonds. The number of hydrogen-bond donors (Lipinski definition) is 1. The topological polar surface area (TPSA) is 56.7 Å². The summed E-state index contributed by atoms with van der Waals surface area (Å²) in [4.78, 5) is 21.5. The van der Waals surface area contributed by atoms with Gasteiger partial charge in [0.2, 0.25) is 0 Å². The Hall–Kier alpha value is -0.980. The highest BCUT2D eigenvalue weighted by molar-refractivity contribution is 7.11. The predicted octanol–water partition coefficient (Wildman–Crippen LogP) is 1.43. The standard InChI is InChI=1S/C14H21N3O2S/c1-10-15-8-12(20-10)9-16-4-6-17(7-5-16)13(14(18)19)11-2-3-11/h8,11,13H,2-7,9H2,1H3,(H,18,19). The Morgan fingerprint density at radius 3 is 2.65 bits per heavy atom. The lowest BCUT2D eigenvalue weighted by Crippen LogP contribution is -2.53. The summed E-state index contributed by atoms with van der Waals surface area (Å²) in [7, 11) is 0. The lowest BCUT2D eigenvalue weighted by Gasteiger charge is -2.37. The first-order chi connectivity index (χ1) is 9.63. The van der Waals surface area contributed by atoms with Crippen molar-refractivity contribution >= 4 is 17.3 Å². The largest absolute Gasteiger partial charge is 0.480 e. The summed E-state index contributed by atoms with van der Waals surface area (Å²) in [5.74, 6) is -0.248. The zero-order valence-corrected chi connectivity index (χ0v) is 12.6. The number of carbonyl (C=O) groups is 1. The van der Waals surface area contributed by atoms with Crippen molar-refractivity contribution in [1.82, 2.24) is 14.8 Å². The first kappa shape index (κ1) is 14.0. The van der Waals surface area contributed by atoms with Gasteiger partial charge in [-0.15, -0.1) is 11.3 Å². The van der Waals surface area contributed by atoms with Gasteiger partial charge < -0.3 is 5.11 Å². The number of thiazole rings is 1. The van der Waals surface area contributed by atoms with E-state index in [1.807, 2.05) is 13.1 Å². The summed E-state index contributed by atoms with van der Waals surface area (Å²) in [5.41, 5.74) is 0. The SMILES string of the molecule is Cc1ncc(CN2CCN(C(C(=O)O)C3CC3)CC2)s1. The summed E-state index contributed by atoms with van der Waals surface area (Å²) < 4.78 is 0. The fourth-order valence-electron chi connectivity index (χ4n) is 2.97. The Kier molecular flexibility index (Phi) is 4.05. The van der Waals surface area contributed by atoms with Gasteiger partial charge in [0.05, 0.1) is 5.01 Å². The molecule has 1 aromatic rings. The zero-order chi connectivity index (χ0) is 14.1. The van der Waals surface area contributed by atoms with E-state index in [9.17, 15) is 9.90 Å². The highest BCUT2D eigenvalue weighted by Crippen LogP contribution is 2.36. The zero-order valence-electron chi connectivity index (χ0n) is 11.8. The third kappa shape index (κ3) is 3.19. The smallest absolute Gasteiger partial charge is 0.321 e. The fraction of sp³-hybridized carbons (Fsp3) is 0.714. The number of nitrogens with zero attached hydrogens (tertiary/aromatic N) is 3. The minimum absolute atomic E-state index is 0.247. The fourth-order valence-corrected chi connectivity index (χ4v) is 3.80. The Morgan fingerprint density at radius 2 is 2.15 bits per heavy atom. The number of carboxylic acids is 1. The molecular formula is C14H21N3O2S. The normalized spacial score (nSPS) is 22.9. The minimum atomic E-state index is -0.640.